The van der Waals surface area contributed by atoms with Crippen molar-refractivity contribution in [2.24, 2.45) is 5.73 Å². The van der Waals surface area contributed by atoms with Crippen molar-refractivity contribution in [1.82, 2.24) is 4.90 Å². The summed E-state index contributed by atoms with van der Waals surface area (Å²) in [6.45, 7) is 7.37. The van der Waals surface area contributed by atoms with E-state index in [-0.39, 0.29) is 0 Å². The van der Waals surface area contributed by atoms with Crippen LogP contribution in [0.4, 0.5) is 0 Å². The summed E-state index contributed by atoms with van der Waals surface area (Å²) < 4.78 is 0. The van der Waals surface area contributed by atoms with Gasteiger partial charge in [0.05, 0.1) is 0 Å². The molecule has 0 aliphatic heterocycles. The van der Waals surface area contributed by atoms with Gasteiger partial charge in [0.15, 0.2) is 0 Å². The molecule has 2 nitrogen and oxygen atoms in total. The van der Waals surface area contributed by atoms with E-state index in [4.69, 9.17) is 5.73 Å². The Labute approximate surface area is 106 Å². The molecule has 0 saturated heterocycles. The van der Waals surface area contributed by atoms with E-state index in [1.54, 1.807) is 0 Å². The number of aryl methyl sites for hydroxylation is 3. The van der Waals surface area contributed by atoms with Gasteiger partial charge in [0.2, 0.25) is 0 Å². The minimum Gasteiger partial charge on any atom is -0.330 e. The van der Waals surface area contributed by atoms with E-state index in [0.29, 0.717) is 6.04 Å². The summed E-state index contributed by atoms with van der Waals surface area (Å²) in [6.07, 6.45) is 2.21. The van der Waals surface area contributed by atoms with Gasteiger partial charge in [0.25, 0.3) is 0 Å². The second kappa shape index (κ2) is 6.18. The van der Waals surface area contributed by atoms with Crippen LogP contribution in [0.25, 0.3) is 0 Å². The maximum Gasteiger partial charge on any atom is 0.0347 e. The number of hydrogen-bond acceptors (Lipinski definition) is 2. The van der Waals surface area contributed by atoms with Crippen molar-refractivity contribution >= 4 is 0 Å². The second-order valence-corrected chi connectivity index (χ2v) is 5.22. The van der Waals surface area contributed by atoms with E-state index in [0.717, 1.165) is 19.4 Å². The molecule has 0 aromatic heterocycles. The SMILES string of the molecule is Cc1cc(C)c(C(CCCN)N(C)C)c(C)c1. The Morgan fingerprint density at radius 1 is 1.12 bits per heavy atom. The minimum absolute atomic E-state index is 0.485. The first-order chi connectivity index (χ1) is 7.97. The fourth-order valence-electron chi connectivity index (χ4n) is 2.69. The third kappa shape index (κ3) is 3.55. The Morgan fingerprint density at radius 3 is 2.06 bits per heavy atom. The first kappa shape index (κ1) is 14.2. The Kier molecular flexibility index (Phi) is 5.16. The van der Waals surface area contributed by atoms with E-state index < -0.39 is 0 Å². The van der Waals surface area contributed by atoms with Gasteiger partial charge in [-0.2, -0.15) is 0 Å². The van der Waals surface area contributed by atoms with Crippen LogP contribution in [0.2, 0.25) is 0 Å². The topological polar surface area (TPSA) is 29.3 Å². The summed E-state index contributed by atoms with van der Waals surface area (Å²) in [5.41, 5.74) is 11.3. The van der Waals surface area contributed by atoms with Crippen LogP contribution in [0.3, 0.4) is 0 Å². The number of nitrogens with zero attached hydrogens (tertiary/aromatic N) is 1. The lowest BCUT2D eigenvalue weighted by Crippen LogP contribution is -2.22. The van der Waals surface area contributed by atoms with Crippen LogP contribution in [0, 0.1) is 20.8 Å². The van der Waals surface area contributed by atoms with Crippen molar-refractivity contribution < 1.29 is 0 Å². The highest BCUT2D eigenvalue weighted by Crippen LogP contribution is 2.29. The molecular weight excluding hydrogens is 208 g/mol. The van der Waals surface area contributed by atoms with Crippen LogP contribution in [-0.2, 0) is 0 Å². The Balaban J connectivity index is 3.09. The Hall–Kier alpha value is -0.860. The molecule has 1 rings (SSSR count). The molecule has 1 aromatic carbocycles. The molecule has 1 atom stereocenters. The molecule has 0 bridgehead atoms. The largest absolute Gasteiger partial charge is 0.330 e. The molecule has 0 saturated carbocycles. The molecule has 17 heavy (non-hydrogen) atoms. The molecule has 0 amide bonds. The summed E-state index contributed by atoms with van der Waals surface area (Å²) in [6, 6.07) is 5.04. The van der Waals surface area contributed by atoms with Crippen LogP contribution in [0.15, 0.2) is 12.1 Å². The molecule has 1 unspecified atom stereocenters. The fraction of sp³-hybridized carbons (Fsp3) is 0.600. The van der Waals surface area contributed by atoms with Crippen molar-refractivity contribution in [1.29, 1.82) is 0 Å². The monoisotopic (exact) mass is 234 g/mol. The average molecular weight is 234 g/mol. The molecular formula is C15H26N2. The third-order valence-electron chi connectivity index (χ3n) is 3.38. The standard InChI is InChI=1S/C15H26N2/c1-11-9-12(2)15(13(3)10-11)14(17(4)5)7-6-8-16/h9-10,14H,6-8,16H2,1-5H3. The van der Waals surface area contributed by atoms with E-state index >= 15 is 0 Å². The molecule has 96 valence electrons. The second-order valence-electron chi connectivity index (χ2n) is 5.22. The first-order valence-corrected chi connectivity index (χ1v) is 6.41. The summed E-state index contributed by atoms with van der Waals surface area (Å²) in [5, 5.41) is 0. The average Bonchev–Trinajstić information content (AvgIpc) is 2.20. The summed E-state index contributed by atoms with van der Waals surface area (Å²) in [4.78, 5) is 2.31. The van der Waals surface area contributed by atoms with Gasteiger partial charge in [-0.15, -0.1) is 0 Å². The van der Waals surface area contributed by atoms with E-state index in [9.17, 15) is 0 Å². The van der Waals surface area contributed by atoms with Gasteiger partial charge >= 0.3 is 0 Å². The molecule has 0 heterocycles. The van der Waals surface area contributed by atoms with Crippen LogP contribution in [0.5, 0.6) is 0 Å². The van der Waals surface area contributed by atoms with Gasteiger partial charge in [-0.1, -0.05) is 17.7 Å². The molecule has 0 fully saturated rings. The first-order valence-electron chi connectivity index (χ1n) is 6.41. The zero-order valence-corrected chi connectivity index (χ0v) is 11.9. The normalized spacial score (nSPS) is 13.1. The zero-order chi connectivity index (χ0) is 13.0. The predicted molar refractivity (Wildman–Crippen MR) is 75.4 cm³/mol. The van der Waals surface area contributed by atoms with Gasteiger partial charge < -0.3 is 10.6 Å². The molecule has 0 aliphatic rings. The number of benzene rings is 1. The molecule has 0 radical (unpaired) electrons. The van der Waals surface area contributed by atoms with Gasteiger partial charge in [-0.25, -0.2) is 0 Å². The van der Waals surface area contributed by atoms with Crippen molar-refractivity contribution in [3.63, 3.8) is 0 Å². The summed E-state index contributed by atoms with van der Waals surface area (Å²) >= 11 is 0. The maximum atomic E-state index is 5.64. The van der Waals surface area contributed by atoms with Crippen molar-refractivity contribution in [3.05, 3.63) is 34.4 Å². The molecule has 0 aliphatic carbocycles. The Bertz CT molecular complexity index is 346. The van der Waals surface area contributed by atoms with E-state index in [2.05, 4.69) is 51.9 Å². The highest BCUT2D eigenvalue weighted by molar-refractivity contribution is 5.39. The van der Waals surface area contributed by atoms with Gasteiger partial charge in [-0.05, 0) is 70.9 Å². The smallest absolute Gasteiger partial charge is 0.0347 e. The third-order valence-corrected chi connectivity index (χ3v) is 3.38. The molecule has 0 spiro atoms. The predicted octanol–water partition coefficient (Wildman–Crippen LogP) is 2.95. The van der Waals surface area contributed by atoms with Gasteiger partial charge in [-0.3, -0.25) is 0 Å². The maximum absolute atomic E-state index is 5.64. The molecule has 1 aromatic rings. The van der Waals surface area contributed by atoms with Crippen molar-refractivity contribution in [2.45, 2.75) is 39.7 Å². The van der Waals surface area contributed by atoms with Crippen LogP contribution >= 0.6 is 0 Å². The minimum atomic E-state index is 0.485. The fourth-order valence-corrected chi connectivity index (χ4v) is 2.69. The van der Waals surface area contributed by atoms with Gasteiger partial charge in [0, 0.05) is 6.04 Å². The molecule has 2 heteroatoms. The van der Waals surface area contributed by atoms with E-state index in [1.807, 2.05) is 0 Å². The highest BCUT2D eigenvalue weighted by Gasteiger charge is 2.17. The lowest BCUT2D eigenvalue weighted by molar-refractivity contribution is 0.278. The zero-order valence-electron chi connectivity index (χ0n) is 11.9. The highest BCUT2D eigenvalue weighted by atomic mass is 15.1. The molecule has 2 N–H and O–H groups in total. The summed E-state index contributed by atoms with van der Waals surface area (Å²) in [7, 11) is 4.31. The lowest BCUT2D eigenvalue weighted by atomic mass is 9.91. The lowest BCUT2D eigenvalue weighted by Gasteiger charge is -2.28. The summed E-state index contributed by atoms with van der Waals surface area (Å²) in [5.74, 6) is 0. The van der Waals surface area contributed by atoms with Crippen LogP contribution < -0.4 is 5.73 Å². The Morgan fingerprint density at radius 2 is 1.65 bits per heavy atom. The number of nitrogens with two attached hydrogens (primary N) is 1. The van der Waals surface area contributed by atoms with Crippen molar-refractivity contribution in [3.8, 4) is 0 Å². The van der Waals surface area contributed by atoms with Crippen LogP contribution in [0.1, 0.15) is 41.1 Å². The van der Waals surface area contributed by atoms with Crippen LogP contribution in [-0.4, -0.2) is 25.5 Å². The number of rotatable bonds is 5. The quantitative estimate of drug-likeness (QED) is 0.848. The number of hydrogen-bond donors (Lipinski definition) is 1. The van der Waals surface area contributed by atoms with Gasteiger partial charge in [0.1, 0.15) is 0 Å². The van der Waals surface area contributed by atoms with Crippen molar-refractivity contribution in [2.75, 3.05) is 20.6 Å². The van der Waals surface area contributed by atoms with E-state index in [1.165, 1.54) is 22.3 Å².